The number of hydrogen-bond acceptors (Lipinski definition) is 1. The Labute approximate surface area is 316 Å². The molecule has 3 heteroatoms. The van der Waals surface area contributed by atoms with Crippen LogP contribution in [0, 0.1) is 0 Å². The highest BCUT2D eigenvalue weighted by atomic mass is 16.3. The maximum absolute atomic E-state index is 6.56. The number of nitrogens with zero attached hydrogens (tertiary/aromatic N) is 2. The number of hydrogen-bond donors (Lipinski definition) is 0. The Bertz CT molecular complexity index is 3490. The van der Waals surface area contributed by atoms with Crippen molar-refractivity contribution in [3.05, 3.63) is 194 Å². The minimum atomic E-state index is 0.906. The number of fused-ring (bicyclic) bond motifs is 10. The number of aromatic nitrogens is 2. The Hall–Kier alpha value is -7.36. The fraction of sp³-hybridized carbons (Fsp3) is 0. The first-order valence-corrected chi connectivity index (χ1v) is 18.8. The minimum absolute atomic E-state index is 0.906. The third-order valence-electron chi connectivity index (χ3n) is 11.5. The molecule has 3 heterocycles. The largest absolute Gasteiger partial charge is 0.455 e. The fourth-order valence-electron chi connectivity index (χ4n) is 9.02. The SMILES string of the molecule is c1ccc(-n2c3ccccc3c3cc(-c4ccc5c6ccccc6n(-c6cc(-c7cccc8c7oc7ccccc78)cc7ccccc67)c5c4)ccc32)cc1. The Balaban J connectivity index is 1.10. The number of rotatable bonds is 4. The summed E-state index contributed by atoms with van der Waals surface area (Å²) in [6.45, 7) is 0. The van der Waals surface area contributed by atoms with Crippen molar-refractivity contribution in [3.63, 3.8) is 0 Å². The van der Waals surface area contributed by atoms with Gasteiger partial charge in [-0.3, -0.25) is 0 Å². The van der Waals surface area contributed by atoms with E-state index < -0.39 is 0 Å². The van der Waals surface area contributed by atoms with E-state index in [0.717, 1.165) is 38.8 Å². The first-order valence-electron chi connectivity index (χ1n) is 18.8. The first-order chi connectivity index (χ1) is 27.3. The van der Waals surface area contributed by atoms with Gasteiger partial charge in [0.15, 0.2) is 0 Å². The molecule has 0 spiro atoms. The normalized spacial score (nSPS) is 12.0. The molecule has 0 fully saturated rings. The smallest absolute Gasteiger partial charge is 0.143 e. The zero-order valence-electron chi connectivity index (χ0n) is 29.8. The maximum Gasteiger partial charge on any atom is 0.143 e. The van der Waals surface area contributed by atoms with Gasteiger partial charge in [-0.15, -0.1) is 0 Å². The standard InChI is InChI=1S/C52H32N2O/c1-2-14-37(15-3-1)53-46-22-9-7-18-41(46)45-30-33(26-28-48(45)53)34-25-27-42-40-17-6-10-23-47(40)54(50(42)31-34)49-32-36(29-35-13-4-5-16-38(35)49)39-20-12-21-44-43-19-8-11-24-51(43)55-52(39)44/h1-32H. The quantitative estimate of drug-likeness (QED) is 0.179. The lowest BCUT2D eigenvalue weighted by atomic mass is 9.97. The molecule has 256 valence electrons. The topological polar surface area (TPSA) is 23.0 Å². The van der Waals surface area contributed by atoms with Gasteiger partial charge >= 0.3 is 0 Å². The molecular weight excluding hydrogens is 669 g/mol. The van der Waals surface area contributed by atoms with Gasteiger partial charge < -0.3 is 13.6 Å². The molecule has 0 radical (unpaired) electrons. The first kappa shape index (κ1) is 30.1. The van der Waals surface area contributed by atoms with Gasteiger partial charge in [-0.05, 0) is 82.7 Å². The molecule has 0 unspecified atom stereocenters. The summed E-state index contributed by atoms with van der Waals surface area (Å²) >= 11 is 0. The van der Waals surface area contributed by atoms with Crippen LogP contribution in [0.1, 0.15) is 0 Å². The van der Waals surface area contributed by atoms with Gasteiger partial charge in [0.25, 0.3) is 0 Å². The zero-order valence-corrected chi connectivity index (χ0v) is 29.8. The average molecular weight is 701 g/mol. The summed E-state index contributed by atoms with van der Waals surface area (Å²) in [5.41, 5.74) is 13.5. The van der Waals surface area contributed by atoms with Crippen molar-refractivity contribution in [2.24, 2.45) is 0 Å². The van der Waals surface area contributed by atoms with E-state index in [1.165, 1.54) is 71.2 Å². The lowest BCUT2D eigenvalue weighted by Crippen LogP contribution is -1.97. The van der Waals surface area contributed by atoms with Crippen molar-refractivity contribution in [1.29, 1.82) is 0 Å². The van der Waals surface area contributed by atoms with Crippen molar-refractivity contribution in [3.8, 4) is 33.6 Å². The number of para-hydroxylation sites is 5. The van der Waals surface area contributed by atoms with E-state index in [9.17, 15) is 0 Å². The molecule has 0 aliphatic heterocycles. The van der Waals surface area contributed by atoms with Crippen LogP contribution in [0.25, 0.3) is 110 Å². The molecule has 55 heavy (non-hydrogen) atoms. The van der Waals surface area contributed by atoms with Gasteiger partial charge in [-0.2, -0.15) is 0 Å². The number of furan rings is 1. The summed E-state index contributed by atoms with van der Waals surface area (Å²) < 4.78 is 11.4. The second-order valence-electron chi connectivity index (χ2n) is 14.5. The van der Waals surface area contributed by atoms with Crippen LogP contribution in [0.15, 0.2) is 199 Å². The van der Waals surface area contributed by atoms with Crippen molar-refractivity contribution in [1.82, 2.24) is 9.13 Å². The summed E-state index contributed by atoms with van der Waals surface area (Å²) in [6.07, 6.45) is 0. The lowest BCUT2D eigenvalue weighted by molar-refractivity contribution is 0.670. The maximum atomic E-state index is 6.56. The van der Waals surface area contributed by atoms with Crippen molar-refractivity contribution < 1.29 is 4.42 Å². The molecule has 0 N–H and O–H groups in total. The molecule has 3 nitrogen and oxygen atoms in total. The molecule has 0 saturated heterocycles. The highest BCUT2D eigenvalue weighted by molar-refractivity contribution is 6.14. The molecule has 0 saturated carbocycles. The van der Waals surface area contributed by atoms with E-state index in [0.29, 0.717) is 0 Å². The van der Waals surface area contributed by atoms with E-state index in [1.807, 2.05) is 6.07 Å². The molecular formula is C52H32N2O. The van der Waals surface area contributed by atoms with Gasteiger partial charge in [0.1, 0.15) is 11.2 Å². The minimum Gasteiger partial charge on any atom is -0.455 e. The van der Waals surface area contributed by atoms with Crippen molar-refractivity contribution >= 4 is 76.3 Å². The van der Waals surface area contributed by atoms with Crippen LogP contribution in [0.5, 0.6) is 0 Å². The zero-order chi connectivity index (χ0) is 36.0. The van der Waals surface area contributed by atoms with Crippen LogP contribution in [0.4, 0.5) is 0 Å². The summed E-state index contributed by atoms with van der Waals surface area (Å²) in [7, 11) is 0. The summed E-state index contributed by atoms with van der Waals surface area (Å²) in [5, 5.41) is 9.62. The Morgan fingerprint density at radius 1 is 0.327 bits per heavy atom. The lowest BCUT2D eigenvalue weighted by Gasteiger charge is -2.15. The molecule has 0 atom stereocenters. The van der Waals surface area contributed by atoms with Gasteiger partial charge in [0, 0.05) is 49.0 Å². The molecule has 0 aliphatic carbocycles. The van der Waals surface area contributed by atoms with Crippen LogP contribution < -0.4 is 0 Å². The fourth-order valence-corrected chi connectivity index (χ4v) is 9.02. The Kier molecular flexibility index (Phi) is 6.34. The molecule has 9 aromatic carbocycles. The van der Waals surface area contributed by atoms with E-state index in [-0.39, 0.29) is 0 Å². The van der Waals surface area contributed by atoms with Crippen LogP contribution in [0.3, 0.4) is 0 Å². The molecule has 3 aromatic heterocycles. The molecule has 12 rings (SSSR count). The van der Waals surface area contributed by atoms with Crippen LogP contribution in [-0.4, -0.2) is 9.13 Å². The van der Waals surface area contributed by atoms with Gasteiger partial charge in [-0.1, -0.05) is 133 Å². The van der Waals surface area contributed by atoms with Gasteiger partial charge in [0.05, 0.1) is 27.8 Å². The Morgan fingerprint density at radius 3 is 1.80 bits per heavy atom. The summed E-state index contributed by atoms with van der Waals surface area (Å²) in [6, 6.07) is 70.3. The predicted octanol–water partition coefficient (Wildman–Crippen LogP) is 14.3. The van der Waals surface area contributed by atoms with E-state index in [2.05, 4.69) is 197 Å². The van der Waals surface area contributed by atoms with Gasteiger partial charge in [-0.25, -0.2) is 0 Å². The van der Waals surface area contributed by atoms with Crippen molar-refractivity contribution in [2.75, 3.05) is 0 Å². The van der Waals surface area contributed by atoms with Crippen LogP contribution in [-0.2, 0) is 0 Å². The molecule has 0 amide bonds. The predicted molar refractivity (Wildman–Crippen MR) is 231 cm³/mol. The van der Waals surface area contributed by atoms with E-state index in [1.54, 1.807) is 0 Å². The van der Waals surface area contributed by atoms with Crippen molar-refractivity contribution in [2.45, 2.75) is 0 Å². The highest BCUT2D eigenvalue weighted by Crippen LogP contribution is 2.42. The highest BCUT2D eigenvalue weighted by Gasteiger charge is 2.19. The number of benzene rings is 9. The molecule has 12 aromatic rings. The van der Waals surface area contributed by atoms with Crippen LogP contribution in [0.2, 0.25) is 0 Å². The Morgan fingerprint density at radius 2 is 0.945 bits per heavy atom. The second-order valence-corrected chi connectivity index (χ2v) is 14.5. The van der Waals surface area contributed by atoms with Gasteiger partial charge in [0.2, 0.25) is 0 Å². The van der Waals surface area contributed by atoms with Crippen LogP contribution >= 0.6 is 0 Å². The summed E-state index contributed by atoms with van der Waals surface area (Å²) in [5.74, 6) is 0. The van der Waals surface area contributed by atoms with E-state index in [4.69, 9.17) is 4.42 Å². The third-order valence-corrected chi connectivity index (χ3v) is 11.5. The van der Waals surface area contributed by atoms with E-state index >= 15 is 0 Å². The molecule has 0 bridgehead atoms. The molecule has 0 aliphatic rings. The monoisotopic (exact) mass is 700 g/mol. The summed E-state index contributed by atoms with van der Waals surface area (Å²) in [4.78, 5) is 0. The average Bonchev–Trinajstić information content (AvgIpc) is 3.91. The second kappa shape index (κ2) is 11.6. The third kappa shape index (κ3) is 4.44.